The fourth-order valence-electron chi connectivity index (χ4n) is 3.57. The predicted molar refractivity (Wildman–Crippen MR) is 124 cm³/mol. The lowest BCUT2D eigenvalue weighted by Crippen LogP contribution is -2.43. The largest absolute Gasteiger partial charge is 0.383 e. The molecule has 8 heteroatoms. The Bertz CT molecular complexity index is 952. The molecular weight excluding hydrogens is 429 g/mol. The van der Waals surface area contributed by atoms with Gasteiger partial charge in [0.05, 0.1) is 23.2 Å². The highest BCUT2D eigenvalue weighted by atomic mass is 32.1. The molecule has 172 valence electrons. The number of hydrogen-bond donors (Lipinski definition) is 0. The lowest BCUT2D eigenvalue weighted by molar-refractivity contribution is -0.143. The van der Waals surface area contributed by atoms with Crippen LogP contribution in [0.4, 0.5) is 4.39 Å². The van der Waals surface area contributed by atoms with Gasteiger partial charge in [0.1, 0.15) is 12.4 Å². The predicted octanol–water partition coefficient (Wildman–Crippen LogP) is 4.48. The van der Waals surface area contributed by atoms with E-state index in [1.807, 2.05) is 38.3 Å². The van der Waals surface area contributed by atoms with Crippen molar-refractivity contribution in [3.8, 4) is 0 Å². The van der Waals surface area contributed by atoms with Crippen LogP contribution < -0.4 is 0 Å². The van der Waals surface area contributed by atoms with Crippen LogP contribution in [0.2, 0.25) is 0 Å². The summed E-state index contributed by atoms with van der Waals surface area (Å²) in [5, 5.41) is 8.04. The van der Waals surface area contributed by atoms with E-state index >= 15 is 0 Å². The molecule has 0 saturated heterocycles. The molecular formula is C24H30FN3O3S. The van der Waals surface area contributed by atoms with Crippen molar-refractivity contribution >= 4 is 28.9 Å². The van der Waals surface area contributed by atoms with Crippen LogP contribution in [0, 0.1) is 11.2 Å². The molecule has 0 unspecified atom stereocenters. The fraction of sp³-hybridized carbons (Fsp3) is 0.458. The van der Waals surface area contributed by atoms with Gasteiger partial charge in [0, 0.05) is 26.5 Å². The Morgan fingerprint density at radius 1 is 1.25 bits per heavy atom. The molecule has 1 aliphatic heterocycles. The Balaban J connectivity index is 1.84. The van der Waals surface area contributed by atoms with Gasteiger partial charge in [0.2, 0.25) is 5.91 Å². The van der Waals surface area contributed by atoms with E-state index in [9.17, 15) is 14.0 Å². The van der Waals surface area contributed by atoms with Crippen molar-refractivity contribution in [2.75, 3.05) is 26.8 Å². The molecule has 0 fully saturated rings. The topological polar surface area (TPSA) is 62.2 Å². The maximum Gasteiger partial charge on any atom is 0.262 e. The first-order chi connectivity index (χ1) is 15.2. The number of methoxy groups -OCH3 is 1. The van der Waals surface area contributed by atoms with Crippen LogP contribution in [-0.4, -0.2) is 54.2 Å². The lowest BCUT2D eigenvalue weighted by Gasteiger charge is -2.29. The Hall–Kier alpha value is -2.58. The summed E-state index contributed by atoms with van der Waals surface area (Å²) in [6.07, 6.45) is 0.862. The molecule has 0 spiro atoms. The van der Waals surface area contributed by atoms with Crippen LogP contribution in [0.25, 0.3) is 0 Å². The maximum atomic E-state index is 13.5. The number of benzene rings is 1. The zero-order valence-electron chi connectivity index (χ0n) is 19.0. The molecule has 2 amide bonds. The van der Waals surface area contributed by atoms with Crippen molar-refractivity contribution in [3.05, 3.63) is 58.0 Å². The van der Waals surface area contributed by atoms with E-state index in [1.54, 1.807) is 30.6 Å². The van der Waals surface area contributed by atoms with Crippen molar-refractivity contribution in [2.45, 2.75) is 39.7 Å². The zero-order valence-corrected chi connectivity index (χ0v) is 19.8. The van der Waals surface area contributed by atoms with Crippen LogP contribution in [-0.2, 0) is 14.3 Å². The second kappa shape index (κ2) is 10.4. The minimum atomic E-state index is -0.345. The second-order valence-corrected chi connectivity index (χ2v) is 10.0. The Labute approximate surface area is 192 Å². The number of thiophene rings is 1. The number of hydrogen-bond acceptors (Lipinski definition) is 5. The number of hydrazone groups is 1. The van der Waals surface area contributed by atoms with Crippen molar-refractivity contribution in [3.63, 3.8) is 0 Å². The number of carbonyl (C=O) groups excluding carboxylic acids is 2. The van der Waals surface area contributed by atoms with Crippen molar-refractivity contribution in [1.29, 1.82) is 0 Å². The third-order valence-corrected chi connectivity index (χ3v) is 6.07. The number of amides is 2. The minimum Gasteiger partial charge on any atom is -0.383 e. The number of nitrogens with zero attached hydrogens (tertiary/aromatic N) is 3. The Morgan fingerprint density at radius 2 is 1.97 bits per heavy atom. The summed E-state index contributed by atoms with van der Waals surface area (Å²) >= 11 is 1.56. The van der Waals surface area contributed by atoms with Gasteiger partial charge >= 0.3 is 0 Å². The standard InChI is InChI=1S/C24H30FN3O3S/c1-24(2,3)15-22(29)27(11-12-31-4)16-23(30)28-20(17-7-9-18(25)10-8-17)14-19(26-28)21-6-5-13-32-21/h5-10,13,20H,11-12,14-16H2,1-4H3/t20-/m0/s1. The van der Waals surface area contributed by atoms with Gasteiger partial charge in [0.15, 0.2) is 0 Å². The summed E-state index contributed by atoms with van der Waals surface area (Å²) in [6.45, 7) is 6.55. The third kappa shape index (κ3) is 6.23. The number of rotatable bonds is 8. The molecule has 0 aliphatic carbocycles. The molecule has 2 aromatic rings. The number of carbonyl (C=O) groups is 2. The zero-order chi connectivity index (χ0) is 23.3. The summed E-state index contributed by atoms with van der Waals surface area (Å²) in [6, 6.07) is 9.70. The molecule has 0 N–H and O–H groups in total. The molecule has 32 heavy (non-hydrogen) atoms. The third-order valence-electron chi connectivity index (χ3n) is 5.15. The maximum absolute atomic E-state index is 13.5. The van der Waals surface area contributed by atoms with Crippen molar-refractivity contribution in [1.82, 2.24) is 9.91 Å². The summed E-state index contributed by atoms with van der Waals surface area (Å²) < 4.78 is 18.6. The smallest absolute Gasteiger partial charge is 0.262 e. The number of halogens is 1. The van der Waals surface area contributed by atoms with E-state index in [0.717, 1.165) is 16.2 Å². The van der Waals surface area contributed by atoms with E-state index in [0.29, 0.717) is 26.0 Å². The molecule has 6 nitrogen and oxygen atoms in total. The Morgan fingerprint density at radius 3 is 2.56 bits per heavy atom. The van der Waals surface area contributed by atoms with E-state index < -0.39 is 0 Å². The van der Waals surface area contributed by atoms with E-state index in [-0.39, 0.29) is 35.6 Å². The van der Waals surface area contributed by atoms with Gasteiger partial charge < -0.3 is 9.64 Å². The average molecular weight is 460 g/mol. The monoisotopic (exact) mass is 459 g/mol. The molecule has 1 atom stereocenters. The highest BCUT2D eigenvalue weighted by molar-refractivity contribution is 7.12. The molecule has 0 saturated carbocycles. The van der Waals surface area contributed by atoms with Gasteiger partial charge in [-0.15, -0.1) is 11.3 Å². The quantitative estimate of drug-likeness (QED) is 0.585. The van der Waals surface area contributed by atoms with Crippen LogP contribution in [0.15, 0.2) is 46.9 Å². The number of ether oxygens (including phenoxy) is 1. The molecule has 1 aromatic carbocycles. The van der Waals surface area contributed by atoms with Crippen LogP contribution >= 0.6 is 11.3 Å². The van der Waals surface area contributed by atoms with E-state index in [4.69, 9.17) is 4.74 Å². The van der Waals surface area contributed by atoms with Crippen LogP contribution in [0.3, 0.4) is 0 Å². The van der Waals surface area contributed by atoms with E-state index in [1.165, 1.54) is 22.0 Å². The van der Waals surface area contributed by atoms with Gasteiger partial charge in [0.25, 0.3) is 5.91 Å². The molecule has 0 bridgehead atoms. The van der Waals surface area contributed by atoms with Gasteiger partial charge in [-0.05, 0) is 34.6 Å². The van der Waals surface area contributed by atoms with Gasteiger partial charge in [-0.3, -0.25) is 9.59 Å². The summed E-state index contributed by atoms with van der Waals surface area (Å²) in [5.74, 6) is -0.699. The van der Waals surface area contributed by atoms with Gasteiger partial charge in [-0.25, -0.2) is 9.40 Å². The van der Waals surface area contributed by atoms with Crippen molar-refractivity contribution < 1.29 is 18.7 Å². The van der Waals surface area contributed by atoms with Gasteiger partial charge in [-0.2, -0.15) is 5.10 Å². The Kier molecular flexibility index (Phi) is 7.79. The normalized spacial score (nSPS) is 16.2. The van der Waals surface area contributed by atoms with Crippen molar-refractivity contribution in [2.24, 2.45) is 10.5 Å². The molecule has 2 heterocycles. The van der Waals surface area contributed by atoms with E-state index in [2.05, 4.69) is 5.10 Å². The second-order valence-electron chi connectivity index (χ2n) is 9.08. The van der Waals surface area contributed by atoms with Crippen LogP contribution in [0.1, 0.15) is 50.1 Å². The van der Waals surface area contributed by atoms with Crippen LogP contribution in [0.5, 0.6) is 0 Å². The summed E-state index contributed by atoms with van der Waals surface area (Å²) in [4.78, 5) is 28.8. The van der Waals surface area contributed by atoms with Gasteiger partial charge in [-0.1, -0.05) is 39.0 Å². The molecule has 1 aliphatic rings. The minimum absolute atomic E-state index is 0.0861. The first-order valence-electron chi connectivity index (χ1n) is 10.6. The summed E-state index contributed by atoms with van der Waals surface area (Å²) in [7, 11) is 1.57. The average Bonchev–Trinajstić information content (AvgIpc) is 3.40. The lowest BCUT2D eigenvalue weighted by atomic mass is 9.91. The molecule has 0 radical (unpaired) electrons. The molecule has 3 rings (SSSR count). The highest BCUT2D eigenvalue weighted by Crippen LogP contribution is 2.34. The molecule has 1 aromatic heterocycles. The highest BCUT2D eigenvalue weighted by Gasteiger charge is 2.35. The first-order valence-corrected chi connectivity index (χ1v) is 11.5. The first kappa shape index (κ1) is 24.1. The summed E-state index contributed by atoms with van der Waals surface area (Å²) in [5.41, 5.74) is 1.42. The SMILES string of the molecule is COCCN(CC(=O)N1N=C(c2cccs2)C[C@H]1c1ccc(F)cc1)C(=O)CC(C)(C)C. The fourth-order valence-corrected chi connectivity index (χ4v) is 4.29.